The Morgan fingerprint density at radius 3 is 2.81 bits per heavy atom. The number of hydrogen-bond acceptors (Lipinski definition) is 3. The molecule has 1 heterocycles. The third kappa shape index (κ3) is 2.81. The first-order valence-corrected chi connectivity index (χ1v) is 5.29. The van der Waals surface area contributed by atoms with Gasteiger partial charge in [-0.1, -0.05) is 30.3 Å². The first-order chi connectivity index (χ1) is 7.75. The molecule has 1 aliphatic heterocycles. The van der Waals surface area contributed by atoms with Gasteiger partial charge in [0.15, 0.2) is 6.29 Å². The predicted molar refractivity (Wildman–Crippen MR) is 56.9 cm³/mol. The van der Waals surface area contributed by atoms with Crippen LogP contribution in [0.5, 0.6) is 0 Å². The zero-order valence-corrected chi connectivity index (χ0v) is 8.83. The van der Waals surface area contributed by atoms with Gasteiger partial charge in [-0.05, 0) is 6.42 Å². The van der Waals surface area contributed by atoms with E-state index in [1.807, 2.05) is 30.3 Å². The fraction of sp³-hybridized carbons (Fsp3) is 0.417. The predicted octanol–water partition coefficient (Wildman–Crippen LogP) is 1.97. The van der Waals surface area contributed by atoms with E-state index in [2.05, 4.69) is 0 Å². The maximum Gasteiger partial charge on any atom is 0.303 e. The molecule has 0 spiro atoms. The van der Waals surface area contributed by atoms with Gasteiger partial charge in [0.25, 0.3) is 0 Å². The van der Waals surface area contributed by atoms with E-state index in [9.17, 15) is 4.79 Å². The van der Waals surface area contributed by atoms with Crippen molar-refractivity contribution in [1.29, 1.82) is 0 Å². The lowest BCUT2D eigenvalue weighted by Crippen LogP contribution is -2.11. The molecule has 0 radical (unpaired) electrons. The fourth-order valence-corrected chi connectivity index (χ4v) is 1.67. The van der Waals surface area contributed by atoms with Gasteiger partial charge in [-0.3, -0.25) is 4.79 Å². The van der Waals surface area contributed by atoms with E-state index in [0.29, 0.717) is 13.0 Å². The molecule has 0 amide bonds. The molecule has 1 aliphatic rings. The Labute approximate surface area is 93.8 Å². The summed E-state index contributed by atoms with van der Waals surface area (Å²) in [5.74, 6) is -0.799. The number of carbonyl (C=O) groups is 1. The van der Waals surface area contributed by atoms with Crippen molar-refractivity contribution in [2.45, 2.75) is 25.2 Å². The quantitative estimate of drug-likeness (QED) is 0.846. The minimum Gasteiger partial charge on any atom is -0.481 e. The van der Waals surface area contributed by atoms with Crippen LogP contribution in [0.15, 0.2) is 30.3 Å². The number of aliphatic carboxylic acids is 1. The van der Waals surface area contributed by atoms with Crippen molar-refractivity contribution in [2.75, 3.05) is 6.61 Å². The molecule has 4 heteroatoms. The molecular formula is C12H14O4. The van der Waals surface area contributed by atoms with E-state index in [4.69, 9.17) is 14.6 Å². The summed E-state index contributed by atoms with van der Waals surface area (Å²) in [4.78, 5) is 10.4. The number of carboxylic acid groups (broad SMARTS) is 1. The average molecular weight is 222 g/mol. The van der Waals surface area contributed by atoms with Crippen molar-refractivity contribution in [3.63, 3.8) is 0 Å². The van der Waals surface area contributed by atoms with E-state index in [1.54, 1.807) is 0 Å². The molecule has 16 heavy (non-hydrogen) atoms. The van der Waals surface area contributed by atoms with Crippen LogP contribution in [-0.2, 0) is 14.3 Å². The van der Waals surface area contributed by atoms with Crippen LogP contribution in [0.1, 0.15) is 24.7 Å². The summed E-state index contributed by atoms with van der Waals surface area (Å²) < 4.78 is 11.1. The third-order valence-electron chi connectivity index (χ3n) is 2.50. The van der Waals surface area contributed by atoms with Crippen LogP contribution in [0.25, 0.3) is 0 Å². The molecule has 1 fully saturated rings. The molecule has 2 atom stereocenters. The van der Waals surface area contributed by atoms with Crippen LogP contribution in [0, 0.1) is 0 Å². The SMILES string of the molecule is O=C(O)CCC1COC(c2ccccc2)O1. The molecule has 0 bridgehead atoms. The Morgan fingerprint density at radius 2 is 2.12 bits per heavy atom. The lowest BCUT2D eigenvalue weighted by atomic mass is 10.2. The fourth-order valence-electron chi connectivity index (χ4n) is 1.67. The van der Waals surface area contributed by atoms with E-state index >= 15 is 0 Å². The van der Waals surface area contributed by atoms with Gasteiger partial charge in [0, 0.05) is 12.0 Å². The normalized spacial score (nSPS) is 24.5. The van der Waals surface area contributed by atoms with Crippen LogP contribution in [-0.4, -0.2) is 23.8 Å². The highest BCUT2D eigenvalue weighted by molar-refractivity contribution is 5.66. The van der Waals surface area contributed by atoms with Gasteiger partial charge >= 0.3 is 5.97 Å². The second-order valence-corrected chi connectivity index (χ2v) is 3.77. The zero-order valence-electron chi connectivity index (χ0n) is 8.83. The third-order valence-corrected chi connectivity index (χ3v) is 2.50. The van der Waals surface area contributed by atoms with Gasteiger partial charge < -0.3 is 14.6 Å². The van der Waals surface area contributed by atoms with Gasteiger partial charge in [-0.2, -0.15) is 0 Å². The Kier molecular flexibility index (Phi) is 3.54. The van der Waals surface area contributed by atoms with Crippen LogP contribution in [0.2, 0.25) is 0 Å². The van der Waals surface area contributed by atoms with Crippen molar-refractivity contribution in [1.82, 2.24) is 0 Å². The molecule has 4 nitrogen and oxygen atoms in total. The minimum atomic E-state index is -0.799. The molecule has 1 N–H and O–H groups in total. The summed E-state index contributed by atoms with van der Waals surface area (Å²) in [6.45, 7) is 0.465. The second-order valence-electron chi connectivity index (χ2n) is 3.77. The van der Waals surface area contributed by atoms with Crippen LogP contribution in [0.4, 0.5) is 0 Å². The van der Waals surface area contributed by atoms with Gasteiger partial charge in [-0.15, -0.1) is 0 Å². The van der Waals surface area contributed by atoms with Crippen LogP contribution < -0.4 is 0 Å². The molecule has 0 aromatic heterocycles. The molecule has 0 saturated carbocycles. The topological polar surface area (TPSA) is 55.8 Å². The maximum absolute atomic E-state index is 10.4. The van der Waals surface area contributed by atoms with E-state index in [-0.39, 0.29) is 18.8 Å². The van der Waals surface area contributed by atoms with Crippen molar-refractivity contribution in [2.24, 2.45) is 0 Å². The van der Waals surface area contributed by atoms with Gasteiger partial charge in [0.1, 0.15) is 0 Å². The lowest BCUT2D eigenvalue weighted by molar-refractivity contribution is -0.138. The Hall–Kier alpha value is -1.39. The largest absolute Gasteiger partial charge is 0.481 e. The zero-order chi connectivity index (χ0) is 11.4. The first-order valence-electron chi connectivity index (χ1n) is 5.29. The van der Waals surface area contributed by atoms with E-state index in [0.717, 1.165) is 5.56 Å². The Morgan fingerprint density at radius 1 is 1.38 bits per heavy atom. The summed E-state index contributed by atoms with van der Waals surface area (Å²) in [7, 11) is 0. The monoisotopic (exact) mass is 222 g/mol. The number of ether oxygens (including phenoxy) is 2. The molecule has 86 valence electrons. The highest BCUT2D eigenvalue weighted by Crippen LogP contribution is 2.28. The Bertz CT molecular complexity index is 349. The molecule has 2 unspecified atom stereocenters. The summed E-state index contributed by atoms with van der Waals surface area (Å²) in [5.41, 5.74) is 0.973. The van der Waals surface area contributed by atoms with Crippen molar-refractivity contribution in [3.8, 4) is 0 Å². The van der Waals surface area contributed by atoms with Crippen LogP contribution >= 0.6 is 0 Å². The first kappa shape index (κ1) is 11.1. The molecule has 2 rings (SSSR count). The lowest BCUT2D eigenvalue weighted by Gasteiger charge is -2.10. The average Bonchev–Trinajstić information content (AvgIpc) is 2.76. The smallest absolute Gasteiger partial charge is 0.303 e. The van der Waals surface area contributed by atoms with Crippen molar-refractivity contribution < 1.29 is 19.4 Å². The highest BCUT2D eigenvalue weighted by Gasteiger charge is 2.27. The molecular weight excluding hydrogens is 208 g/mol. The van der Waals surface area contributed by atoms with Crippen molar-refractivity contribution in [3.05, 3.63) is 35.9 Å². The van der Waals surface area contributed by atoms with Crippen molar-refractivity contribution >= 4 is 5.97 Å². The summed E-state index contributed by atoms with van der Waals surface area (Å²) in [6, 6.07) is 9.65. The van der Waals surface area contributed by atoms with Gasteiger partial charge in [0.05, 0.1) is 12.7 Å². The number of benzene rings is 1. The standard InChI is InChI=1S/C12H14O4/c13-11(14)7-6-10-8-15-12(16-10)9-4-2-1-3-5-9/h1-5,10,12H,6-8H2,(H,13,14). The number of hydrogen-bond donors (Lipinski definition) is 1. The molecule has 0 aliphatic carbocycles. The molecule has 1 aromatic carbocycles. The van der Waals surface area contributed by atoms with Gasteiger partial charge in [-0.25, -0.2) is 0 Å². The van der Waals surface area contributed by atoms with Gasteiger partial charge in [0.2, 0.25) is 0 Å². The minimum absolute atomic E-state index is 0.110. The summed E-state index contributed by atoms with van der Waals surface area (Å²) in [6.07, 6.45) is 0.162. The Balaban J connectivity index is 1.86. The van der Waals surface area contributed by atoms with E-state index in [1.165, 1.54) is 0 Å². The summed E-state index contributed by atoms with van der Waals surface area (Å²) in [5, 5.41) is 8.56. The van der Waals surface area contributed by atoms with E-state index < -0.39 is 5.97 Å². The maximum atomic E-state index is 10.4. The van der Waals surface area contributed by atoms with Crippen LogP contribution in [0.3, 0.4) is 0 Å². The molecule has 1 aromatic rings. The summed E-state index contributed by atoms with van der Waals surface area (Å²) >= 11 is 0. The highest BCUT2D eigenvalue weighted by atomic mass is 16.7. The molecule has 1 saturated heterocycles. The number of rotatable bonds is 4. The number of carboxylic acids is 1. The second kappa shape index (κ2) is 5.09.